The van der Waals surface area contributed by atoms with Crippen molar-refractivity contribution >= 4 is 16.6 Å². The van der Waals surface area contributed by atoms with E-state index in [2.05, 4.69) is 18.8 Å². The molecule has 132 valence electrons. The number of benzene rings is 2. The van der Waals surface area contributed by atoms with Crippen molar-refractivity contribution in [2.75, 3.05) is 0 Å². The van der Waals surface area contributed by atoms with E-state index in [4.69, 9.17) is 9.73 Å². The molecule has 2 heterocycles. The third-order valence-corrected chi connectivity index (χ3v) is 5.31. The Labute approximate surface area is 152 Å². The maximum absolute atomic E-state index is 14.0. The minimum atomic E-state index is -0.485. The van der Waals surface area contributed by atoms with E-state index < -0.39 is 11.1 Å². The molecule has 0 amide bonds. The lowest BCUT2D eigenvalue weighted by atomic mass is 9.86. The lowest BCUT2D eigenvalue weighted by Crippen LogP contribution is -2.48. The van der Waals surface area contributed by atoms with Gasteiger partial charge in [0, 0.05) is 22.7 Å². The SMILES string of the molecule is CC1(C)N=C(c2cnc3c(F)cccc3c2)c2ccccc2OC1(C)C. The zero-order chi connectivity index (χ0) is 18.5. The summed E-state index contributed by atoms with van der Waals surface area (Å²) in [6, 6.07) is 14.8. The van der Waals surface area contributed by atoms with Gasteiger partial charge < -0.3 is 4.74 Å². The first-order chi connectivity index (χ1) is 12.3. The van der Waals surface area contributed by atoms with Crippen molar-refractivity contribution in [3.05, 3.63) is 71.7 Å². The monoisotopic (exact) mass is 348 g/mol. The molecular weight excluding hydrogens is 327 g/mol. The lowest BCUT2D eigenvalue weighted by Gasteiger charge is -2.37. The number of halogens is 1. The predicted molar refractivity (Wildman–Crippen MR) is 103 cm³/mol. The Kier molecular flexibility index (Phi) is 3.62. The fourth-order valence-electron chi connectivity index (χ4n) is 3.10. The molecule has 0 saturated carbocycles. The van der Waals surface area contributed by atoms with Gasteiger partial charge in [0.15, 0.2) is 0 Å². The van der Waals surface area contributed by atoms with Gasteiger partial charge in [0.25, 0.3) is 0 Å². The molecule has 0 fully saturated rings. The Hall–Kier alpha value is -2.75. The van der Waals surface area contributed by atoms with E-state index in [-0.39, 0.29) is 5.82 Å². The second kappa shape index (κ2) is 5.63. The summed E-state index contributed by atoms with van der Waals surface area (Å²) >= 11 is 0. The van der Waals surface area contributed by atoms with Gasteiger partial charge in [-0.3, -0.25) is 9.98 Å². The second-order valence-corrected chi connectivity index (χ2v) is 7.66. The van der Waals surface area contributed by atoms with Gasteiger partial charge in [0.1, 0.15) is 22.7 Å². The number of hydrogen-bond donors (Lipinski definition) is 0. The summed E-state index contributed by atoms with van der Waals surface area (Å²) in [6.07, 6.45) is 1.69. The summed E-state index contributed by atoms with van der Waals surface area (Å²) in [5.41, 5.74) is 2.01. The average Bonchev–Trinajstić information content (AvgIpc) is 2.67. The molecule has 0 unspecified atom stereocenters. The van der Waals surface area contributed by atoms with Crippen LogP contribution in [0.3, 0.4) is 0 Å². The number of aliphatic imine (C=N–C) groups is 1. The van der Waals surface area contributed by atoms with Crippen LogP contribution >= 0.6 is 0 Å². The van der Waals surface area contributed by atoms with Gasteiger partial charge in [-0.25, -0.2) is 4.39 Å². The van der Waals surface area contributed by atoms with Crippen LogP contribution in [-0.4, -0.2) is 21.8 Å². The van der Waals surface area contributed by atoms with Crippen LogP contribution in [0.4, 0.5) is 4.39 Å². The highest BCUT2D eigenvalue weighted by Gasteiger charge is 2.42. The van der Waals surface area contributed by atoms with E-state index in [9.17, 15) is 4.39 Å². The quantitative estimate of drug-likeness (QED) is 0.609. The molecule has 1 aliphatic heterocycles. The van der Waals surface area contributed by atoms with Crippen LogP contribution in [0.1, 0.15) is 38.8 Å². The predicted octanol–water partition coefficient (Wildman–Crippen LogP) is 5.16. The molecule has 26 heavy (non-hydrogen) atoms. The van der Waals surface area contributed by atoms with Crippen LogP contribution in [0.5, 0.6) is 5.75 Å². The summed E-state index contributed by atoms with van der Waals surface area (Å²) in [4.78, 5) is 9.41. The van der Waals surface area contributed by atoms with Crippen molar-refractivity contribution in [1.29, 1.82) is 0 Å². The molecule has 0 spiro atoms. The molecule has 4 rings (SSSR count). The Morgan fingerprint density at radius 1 is 0.962 bits per heavy atom. The average molecular weight is 348 g/mol. The Morgan fingerprint density at radius 2 is 1.73 bits per heavy atom. The number of rotatable bonds is 1. The van der Waals surface area contributed by atoms with Crippen molar-refractivity contribution < 1.29 is 9.13 Å². The number of ether oxygens (including phenoxy) is 1. The smallest absolute Gasteiger partial charge is 0.149 e. The molecule has 0 saturated heterocycles. The molecule has 1 aliphatic rings. The van der Waals surface area contributed by atoms with Gasteiger partial charge in [-0.2, -0.15) is 0 Å². The third kappa shape index (κ3) is 2.57. The molecule has 1 aromatic heterocycles. The standard InChI is InChI=1S/C22H21FN2O/c1-21(2)22(3,4)26-18-11-6-5-9-16(18)19(25-21)15-12-14-8-7-10-17(23)20(14)24-13-15/h5-13H,1-4H3. The zero-order valence-corrected chi connectivity index (χ0v) is 15.4. The molecule has 4 heteroatoms. The van der Waals surface area contributed by atoms with Crippen LogP contribution in [0.15, 0.2) is 59.7 Å². The molecule has 0 radical (unpaired) electrons. The van der Waals surface area contributed by atoms with E-state index >= 15 is 0 Å². The van der Waals surface area contributed by atoms with Gasteiger partial charge in [-0.05, 0) is 52.0 Å². The maximum Gasteiger partial charge on any atom is 0.149 e. The normalized spacial score (nSPS) is 17.8. The minimum absolute atomic E-state index is 0.318. The largest absolute Gasteiger partial charge is 0.485 e. The first kappa shape index (κ1) is 16.7. The highest BCUT2D eigenvalue weighted by Crippen LogP contribution is 2.38. The van der Waals surface area contributed by atoms with E-state index in [0.717, 1.165) is 28.0 Å². The maximum atomic E-state index is 14.0. The molecule has 0 atom stereocenters. The highest BCUT2D eigenvalue weighted by atomic mass is 19.1. The number of aromatic nitrogens is 1. The number of fused-ring (bicyclic) bond motifs is 2. The number of para-hydroxylation sites is 2. The van der Waals surface area contributed by atoms with Gasteiger partial charge >= 0.3 is 0 Å². The van der Waals surface area contributed by atoms with E-state index in [1.807, 2.05) is 50.2 Å². The van der Waals surface area contributed by atoms with Crippen LogP contribution in [-0.2, 0) is 0 Å². The van der Waals surface area contributed by atoms with Gasteiger partial charge in [-0.1, -0.05) is 24.3 Å². The van der Waals surface area contributed by atoms with Gasteiger partial charge in [-0.15, -0.1) is 0 Å². The number of nitrogens with zero attached hydrogens (tertiary/aromatic N) is 2. The zero-order valence-electron chi connectivity index (χ0n) is 15.4. The van der Waals surface area contributed by atoms with Crippen LogP contribution in [0.2, 0.25) is 0 Å². The molecule has 2 aromatic carbocycles. The van der Waals surface area contributed by atoms with E-state index in [1.165, 1.54) is 6.07 Å². The first-order valence-electron chi connectivity index (χ1n) is 8.71. The van der Waals surface area contributed by atoms with Crippen molar-refractivity contribution in [3.63, 3.8) is 0 Å². The second-order valence-electron chi connectivity index (χ2n) is 7.66. The Bertz CT molecular complexity index is 1040. The molecular formula is C22H21FN2O. The summed E-state index contributed by atoms with van der Waals surface area (Å²) in [5.74, 6) is 0.475. The van der Waals surface area contributed by atoms with E-state index in [0.29, 0.717) is 5.52 Å². The van der Waals surface area contributed by atoms with Crippen LogP contribution < -0.4 is 4.74 Å². The molecule has 0 bridgehead atoms. The molecule has 0 N–H and O–H groups in total. The minimum Gasteiger partial charge on any atom is -0.485 e. The summed E-state index contributed by atoms with van der Waals surface area (Å²) < 4.78 is 20.3. The fourth-order valence-corrected chi connectivity index (χ4v) is 3.10. The van der Waals surface area contributed by atoms with Gasteiger partial charge in [0.2, 0.25) is 0 Å². The molecule has 3 aromatic rings. The molecule has 3 nitrogen and oxygen atoms in total. The van der Waals surface area contributed by atoms with Crippen molar-refractivity contribution in [3.8, 4) is 5.75 Å². The Morgan fingerprint density at radius 3 is 2.54 bits per heavy atom. The van der Waals surface area contributed by atoms with Gasteiger partial charge in [0.05, 0.1) is 11.3 Å². The lowest BCUT2D eigenvalue weighted by molar-refractivity contribution is 0.0441. The first-order valence-corrected chi connectivity index (χ1v) is 8.71. The third-order valence-electron chi connectivity index (χ3n) is 5.31. The Balaban J connectivity index is 1.98. The number of hydrogen-bond acceptors (Lipinski definition) is 3. The molecule has 0 aliphatic carbocycles. The van der Waals surface area contributed by atoms with Crippen LogP contribution in [0, 0.1) is 5.82 Å². The van der Waals surface area contributed by atoms with Crippen molar-refractivity contribution in [2.24, 2.45) is 4.99 Å². The topological polar surface area (TPSA) is 34.5 Å². The number of pyridine rings is 1. The highest BCUT2D eigenvalue weighted by molar-refractivity contribution is 6.15. The van der Waals surface area contributed by atoms with E-state index in [1.54, 1.807) is 12.3 Å². The fraction of sp³-hybridized carbons (Fsp3) is 0.273. The summed E-state index contributed by atoms with van der Waals surface area (Å²) in [6.45, 7) is 8.22. The van der Waals surface area contributed by atoms with Crippen LogP contribution in [0.25, 0.3) is 10.9 Å². The summed E-state index contributed by atoms with van der Waals surface area (Å²) in [7, 11) is 0. The summed E-state index contributed by atoms with van der Waals surface area (Å²) in [5, 5.41) is 0.755. The van der Waals surface area contributed by atoms with Crippen molar-refractivity contribution in [1.82, 2.24) is 4.98 Å². The van der Waals surface area contributed by atoms with Crippen molar-refractivity contribution in [2.45, 2.75) is 38.8 Å².